The molecule has 2 aliphatic rings. The summed E-state index contributed by atoms with van der Waals surface area (Å²) < 4.78 is 38.7. The van der Waals surface area contributed by atoms with Gasteiger partial charge < -0.3 is 19.7 Å². The Balaban J connectivity index is 1.59. The fourth-order valence-corrected chi connectivity index (χ4v) is 4.88. The van der Waals surface area contributed by atoms with E-state index in [1.807, 2.05) is 25.1 Å². The van der Waals surface area contributed by atoms with E-state index in [2.05, 4.69) is 10.3 Å². The van der Waals surface area contributed by atoms with Gasteiger partial charge in [0.25, 0.3) is 0 Å². The first-order chi connectivity index (χ1) is 14.8. The SMILES string of the molecule is CN(C)c1cc(CN(C)S(=O)(=O)c2ccc3c(c2)OCCO3)nc([C@H]2CCCCN2)n1. The van der Waals surface area contributed by atoms with Crippen molar-refractivity contribution >= 4 is 15.8 Å². The third-order valence-electron chi connectivity index (χ3n) is 5.47. The number of nitrogens with one attached hydrogen (secondary N) is 1. The zero-order valence-corrected chi connectivity index (χ0v) is 19.0. The van der Waals surface area contributed by atoms with Gasteiger partial charge in [0.1, 0.15) is 24.9 Å². The lowest BCUT2D eigenvalue weighted by molar-refractivity contribution is 0.171. The van der Waals surface area contributed by atoms with Gasteiger partial charge >= 0.3 is 0 Å². The molecule has 0 aliphatic carbocycles. The van der Waals surface area contributed by atoms with Crippen molar-refractivity contribution in [3.63, 3.8) is 0 Å². The zero-order chi connectivity index (χ0) is 22.0. The summed E-state index contributed by atoms with van der Waals surface area (Å²) in [5.41, 5.74) is 0.657. The topological polar surface area (TPSA) is 96.9 Å². The summed E-state index contributed by atoms with van der Waals surface area (Å²) in [6.07, 6.45) is 3.25. The second-order valence-electron chi connectivity index (χ2n) is 8.04. The summed E-state index contributed by atoms with van der Waals surface area (Å²) in [6, 6.07) is 6.62. The van der Waals surface area contributed by atoms with E-state index in [1.54, 1.807) is 19.2 Å². The van der Waals surface area contributed by atoms with Gasteiger partial charge in [0, 0.05) is 33.3 Å². The molecule has 0 amide bonds. The number of ether oxygens (including phenoxy) is 2. The molecule has 9 nitrogen and oxygen atoms in total. The van der Waals surface area contributed by atoms with Crippen molar-refractivity contribution in [2.45, 2.75) is 36.7 Å². The maximum absolute atomic E-state index is 13.2. The average Bonchev–Trinajstić information content (AvgIpc) is 2.79. The third kappa shape index (κ3) is 4.76. The molecule has 1 saturated heterocycles. The quantitative estimate of drug-likeness (QED) is 0.718. The van der Waals surface area contributed by atoms with Crippen LogP contribution in [0, 0.1) is 0 Å². The molecule has 4 rings (SSSR count). The number of aromatic nitrogens is 2. The Kier molecular flexibility index (Phi) is 6.31. The van der Waals surface area contributed by atoms with E-state index >= 15 is 0 Å². The molecule has 31 heavy (non-hydrogen) atoms. The van der Waals surface area contributed by atoms with E-state index in [-0.39, 0.29) is 17.5 Å². The van der Waals surface area contributed by atoms with Crippen LogP contribution in [0.5, 0.6) is 11.5 Å². The highest BCUT2D eigenvalue weighted by molar-refractivity contribution is 7.89. The van der Waals surface area contributed by atoms with E-state index in [1.165, 1.54) is 10.4 Å². The Hall–Kier alpha value is -2.43. The molecule has 0 radical (unpaired) electrons. The molecule has 1 fully saturated rings. The number of hydrogen-bond acceptors (Lipinski definition) is 8. The number of sulfonamides is 1. The first-order valence-corrected chi connectivity index (χ1v) is 11.9. The van der Waals surface area contributed by atoms with E-state index in [9.17, 15) is 8.42 Å². The molecule has 1 atom stereocenters. The standard InChI is InChI=1S/C21H29N5O4S/c1-25(2)20-12-15(23-21(24-20)17-6-4-5-9-22-17)14-26(3)31(27,28)16-7-8-18-19(13-16)30-11-10-29-18/h7-8,12-13,17,22H,4-6,9-11,14H2,1-3H3/t17-/m1/s1. The van der Waals surface area contributed by atoms with Gasteiger partial charge in [-0.1, -0.05) is 6.42 Å². The normalized spacial score (nSPS) is 18.8. The molecule has 0 bridgehead atoms. The van der Waals surface area contributed by atoms with Crippen LogP contribution in [0.2, 0.25) is 0 Å². The fourth-order valence-electron chi connectivity index (χ4n) is 3.72. The van der Waals surface area contributed by atoms with Gasteiger partial charge in [0.05, 0.1) is 23.2 Å². The highest BCUT2D eigenvalue weighted by atomic mass is 32.2. The molecule has 3 heterocycles. The summed E-state index contributed by atoms with van der Waals surface area (Å²) in [6.45, 7) is 1.94. The molecule has 1 N–H and O–H groups in total. The van der Waals surface area contributed by atoms with Crippen molar-refractivity contribution in [3.05, 3.63) is 35.8 Å². The first-order valence-electron chi connectivity index (χ1n) is 10.5. The van der Waals surface area contributed by atoms with Gasteiger partial charge in [0.15, 0.2) is 11.5 Å². The predicted molar refractivity (Wildman–Crippen MR) is 117 cm³/mol. The maximum Gasteiger partial charge on any atom is 0.243 e. The van der Waals surface area contributed by atoms with E-state index in [0.717, 1.165) is 31.6 Å². The Bertz CT molecular complexity index is 1040. The highest BCUT2D eigenvalue weighted by Gasteiger charge is 2.26. The van der Waals surface area contributed by atoms with Gasteiger partial charge in [-0.2, -0.15) is 4.31 Å². The number of rotatable bonds is 6. The van der Waals surface area contributed by atoms with Crippen LogP contribution < -0.4 is 19.7 Å². The maximum atomic E-state index is 13.2. The predicted octanol–water partition coefficient (Wildman–Crippen LogP) is 1.95. The number of nitrogens with zero attached hydrogens (tertiary/aromatic N) is 4. The summed E-state index contributed by atoms with van der Waals surface area (Å²) in [4.78, 5) is 11.5. The summed E-state index contributed by atoms with van der Waals surface area (Å²) in [7, 11) is 1.66. The lowest BCUT2D eigenvalue weighted by Gasteiger charge is -2.25. The van der Waals surface area contributed by atoms with Crippen molar-refractivity contribution in [1.29, 1.82) is 0 Å². The second kappa shape index (κ2) is 8.97. The number of anilines is 1. The minimum Gasteiger partial charge on any atom is -0.486 e. The first kappa shape index (κ1) is 21.8. The van der Waals surface area contributed by atoms with Crippen molar-refractivity contribution in [2.75, 3.05) is 45.8 Å². The number of piperidine rings is 1. The van der Waals surface area contributed by atoms with Gasteiger partial charge in [-0.15, -0.1) is 0 Å². The summed E-state index contributed by atoms with van der Waals surface area (Å²) in [5, 5.41) is 3.47. The van der Waals surface area contributed by atoms with Gasteiger partial charge in [-0.25, -0.2) is 18.4 Å². The molecule has 0 spiro atoms. The summed E-state index contributed by atoms with van der Waals surface area (Å²) >= 11 is 0. The minimum absolute atomic E-state index is 0.0899. The third-order valence-corrected chi connectivity index (χ3v) is 7.27. The molecule has 0 saturated carbocycles. The lowest BCUT2D eigenvalue weighted by atomic mass is 10.0. The fraction of sp³-hybridized carbons (Fsp3) is 0.524. The lowest BCUT2D eigenvalue weighted by Crippen LogP contribution is -2.30. The van der Waals surface area contributed by atoms with Gasteiger partial charge in [-0.05, 0) is 31.5 Å². The van der Waals surface area contributed by atoms with E-state index < -0.39 is 10.0 Å². The van der Waals surface area contributed by atoms with Crippen LogP contribution in [0.1, 0.15) is 36.8 Å². The largest absolute Gasteiger partial charge is 0.486 e. The van der Waals surface area contributed by atoms with Crippen LogP contribution in [-0.2, 0) is 16.6 Å². The van der Waals surface area contributed by atoms with Crippen LogP contribution >= 0.6 is 0 Å². The molecular formula is C21H29N5O4S. The number of fused-ring (bicyclic) bond motifs is 1. The van der Waals surface area contributed by atoms with Crippen molar-refractivity contribution in [3.8, 4) is 11.5 Å². The average molecular weight is 448 g/mol. The van der Waals surface area contributed by atoms with Crippen LogP contribution in [0.4, 0.5) is 5.82 Å². The second-order valence-corrected chi connectivity index (χ2v) is 10.1. The molecule has 10 heteroatoms. The number of hydrogen-bond donors (Lipinski definition) is 1. The molecular weight excluding hydrogens is 418 g/mol. The zero-order valence-electron chi connectivity index (χ0n) is 18.2. The molecule has 1 aromatic carbocycles. The van der Waals surface area contributed by atoms with Crippen molar-refractivity contribution in [2.24, 2.45) is 0 Å². The van der Waals surface area contributed by atoms with Crippen LogP contribution in [0.25, 0.3) is 0 Å². The van der Waals surface area contributed by atoms with Gasteiger partial charge in [-0.3, -0.25) is 0 Å². The monoisotopic (exact) mass is 447 g/mol. The number of benzene rings is 1. The van der Waals surface area contributed by atoms with E-state index in [4.69, 9.17) is 14.5 Å². The molecule has 168 valence electrons. The Morgan fingerprint density at radius 3 is 2.55 bits per heavy atom. The van der Waals surface area contributed by atoms with Crippen LogP contribution in [-0.4, -0.2) is 63.6 Å². The Morgan fingerprint density at radius 2 is 1.84 bits per heavy atom. The Labute approximate surface area is 183 Å². The Morgan fingerprint density at radius 1 is 1.06 bits per heavy atom. The molecule has 1 aromatic heterocycles. The highest BCUT2D eigenvalue weighted by Crippen LogP contribution is 2.33. The molecule has 2 aromatic rings. The van der Waals surface area contributed by atoms with Crippen LogP contribution in [0.15, 0.2) is 29.2 Å². The van der Waals surface area contributed by atoms with E-state index in [0.29, 0.717) is 36.2 Å². The smallest absolute Gasteiger partial charge is 0.243 e. The molecule has 0 unspecified atom stereocenters. The summed E-state index contributed by atoms with van der Waals surface area (Å²) in [5.74, 6) is 2.48. The minimum atomic E-state index is -3.73. The van der Waals surface area contributed by atoms with Crippen LogP contribution in [0.3, 0.4) is 0 Å². The van der Waals surface area contributed by atoms with Gasteiger partial charge in [0.2, 0.25) is 10.0 Å². The molecule has 2 aliphatic heterocycles. The van der Waals surface area contributed by atoms with Crippen molar-refractivity contribution in [1.82, 2.24) is 19.6 Å². The van der Waals surface area contributed by atoms with Crippen molar-refractivity contribution < 1.29 is 17.9 Å².